The second-order valence-electron chi connectivity index (χ2n) is 3.62. The van der Waals surface area contributed by atoms with Crippen LogP contribution in [0.4, 0.5) is 0 Å². The van der Waals surface area contributed by atoms with Crippen LogP contribution in [0.5, 0.6) is 0 Å². The second kappa shape index (κ2) is 5.63. The summed E-state index contributed by atoms with van der Waals surface area (Å²) in [5, 5.41) is 9.86. The van der Waals surface area contributed by atoms with Crippen molar-refractivity contribution in [3.8, 4) is 0 Å². The molecule has 0 radical (unpaired) electrons. The van der Waals surface area contributed by atoms with E-state index >= 15 is 0 Å². The molecule has 0 bridgehead atoms. The van der Waals surface area contributed by atoms with Crippen molar-refractivity contribution in [2.24, 2.45) is 5.73 Å². The van der Waals surface area contributed by atoms with E-state index in [2.05, 4.69) is 0 Å². The van der Waals surface area contributed by atoms with E-state index in [4.69, 9.17) is 10.5 Å². The summed E-state index contributed by atoms with van der Waals surface area (Å²) in [6.45, 7) is 2.27. The lowest BCUT2D eigenvalue weighted by Crippen LogP contribution is -2.46. The third-order valence-corrected chi connectivity index (χ3v) is 2.26. The average Bonchev–Trinajstić information content (AvgIpc) is 2.30. The first kappa shape index (κ1) is 12.7. The fourth-order valence-electron chi connectivity index (χ4n) is 1.23. The first-order chi connectivity index (χ1) is 7.59. The summed E-state index contributed by atoms with van der Waals surface area (Å²) >= 11 is 0. The summed E-state index contributed by atoms with van der Waals surface area (Å²) in [7, 11) is 0. The highest BCUT2D eigenvalue weighted by atomic mass is 16.6. The largest absolute Gasteiger partial charge is 0.462 e. The summed E-state index contributed by atoms with van der Waals surface area (Å²) < 4.78 is 4.89. The molecule has 1 aromatic rings. The van der Waals surface area contributed by atoms with Gasteiger partial charge in [0.2, 0.25) is 5.72 Å². The van der Waals surface area contributed by atoms with Gasteiger partial charge in [0.05, 0.1) is 6.61 Å². The smallest absolute Gasteiger partial charge is 0.358 e. The standard InChI is InChI=1S/C12H17NO3/c1-2-3-9-16-11(14)12(13,15)10-7-5-4-6-8-10/h4-8,15H,2-3,9,13H2,1H3. The number of aliphatic hydroxyl groups is 1. The molecule has 0 spiro atoms. The van der Waals surface area contributed by atoms with E-state index in [1.54, 1.807) is 30.3 Å². The Kier molecular flexibility index (Phi) is 4.46. The molecule has 0 fully saturated rings. The normalized spacial score (nSPS) is 14.2. The molecular weight excluding hydrogens is 206 g/mol. The van der Waals surface area contributed by atoms with Gasteiger partial charge in [-0.2, -0.15) is 0 Å². The number of rotatable bonds is 5. The van der Waals surface area contributed by atoms with Crippen LogP contribution in [-0.4, -0.2) is 17.7 Å². The fraction of sp³-hybridized carbons (Fsp3) is 0.417. The van der Waals surface area contributed by atoms with Crippen LogP contribution in [0.15, 0.2) is 30.3 Å². The van der Waals surface area contributed by atoms with Crippen LogP contribution in [-0.2, 0) is 15.3 Å². The van der Waals surface area contributed by atoms with Gasteiger partial charge in [0, 0.05) is 5.56 Å². The van der Waals surface area contributed by atoms with E-state index in [-0.39, 0.29) is 6.61 Å². The fourth-order valence-corrected chi connectivity index (χ4v) is 1.23. The first-order valence-electron chi connectivity index (χ1n) is 5.33. The van der Waals surface area contributed by atoms with Gasteiger partial charge < -0.3 is 9.84 Å². The molecule has 3 N–H and O–H groups in total. The number of hydrogen-bond acceptors (Lipinski definition) is 4. The quantitative estimate of drug-likeness (QED) is 0.446. The zero-order chi connectivity index (χ0) is 12.0. The minimum absolute atomic E-state index is 0.279. The number of hydrogen-bond donors (Lipinski definition) is 2. The van der Waals surface area contributed by atoms with Gasteiger partial charge in [0.1, 0.15) is 0 Å². The van der Waals surface area contributed by atoms with Gasteiger partial charge in [0.25, 0.3) is 0 Å². The van der Waals surface area contributed by atoms with Crippen LogP contribution >= 0.6 is 0 Å². The van der Waals surface area contributed by atoms with E-state index in [0.29, 0.717) is 5.56 Å². The summed E-state index contributed by atoms with van der Waals surface area (Å²) in [4.78, 5) is 11.5. The summed E-state index contributed by atoms with van der Waals surface area (Å²) in [6.07, 6.45) is 1.68. The summed E-state index contributed by atoms with van der Waals surface area (Å²) in [5.41, 5.74) is 3.81. The third-order valence-electron chi connectivity index (χ3n) is 2.26. The molecule has 1 aromatic carbocycles. The van der Waals surface area contributed by atoms with Gasteiger partial charge in [-0.05, 0) is 6.42 Å². The van der Waals surface area contributed by atoms with Crippen molar-refractivity contribution in [2.75, 3.05) is 6.61 Å². The number of ether oxygens (including phenoxy) is 1. The Bertz CT molecular complexity index is 335. The number of unbranched alkanes of at least 4 members (excludes halogenated alkanes) is 1. The predicted molar refractivity (Wildman–Crippen MR) is 60.4 cm³/mol. The molecule has 0 saturated heterocycles. The second-order valence-corrected chi connectivity index (χ2v) is 3.62. The van der Waals surface area contributed by atoms with Gasteiger partial charge >= 0.3 is 5.97 Å². The van der Waals surface area contributed by atoms with E-state index in [0.717, 1.165) is 12.8 Å². The molecule has 0 aliphatic heterocycles. The summed E-state index contributed by atoms with van der Waals surface area (Å²) in [6, 6.07) is 8.35. The monoisotopic (exact) mass is 223 g/mol. The Morgan fingerprint density at radius 2 is 2.06 bits per heavy atom. The van der Waals surface area contributed by atoms with Crippen molar-refractivity contribution >= 4 is 5.97 Å². The highest BCUT2D eigenvalue weighted by Crippen LogP contribution is 2.16. The van der Waals surface area contributed by atoms with Gasteiger partial charge in [-0.1, -0.05) is 43.7 Å². The van der Waals surface area contributed by atoms with Crippen LogP contribution in [0.1, 0.15) is 25.3 Å². The molecule has 16 heavy (non-hydrogen) atoms. The molecule has 4 nitrogen and oxygen atoms in total. The maximum Gasteiger partial charge on any atom is 0.358 e. The minimum atomic E-state index is -2.06. The maximum absolute atomic E-state index is 11.5. The topological polar surface area (TPSA) is 72.5 Å². The number of benzene rings is 1. The molecular formula is C12H17NO3. The van der Waals surface area contributed by atoms with Gasteiger partial charge in [-0.25, -0.2) is 4.79 Å². The van der Waals surface area contributed by atoms with Crippen molar-refractivity contribution in [1.82, 2.24) is 0 Å². The molecule has 4 heteroatoms. The summed E-state index contributed by atoms with van der Waals surface area (Å²) in [5.74, 6) is -0.813. The molecule has 0 aliphatic carbocycles. The Hall–Kier alpha value is -1.39. The highest BCUT2D eigenvalue weighted by Gasteiger charge is 2.34. The molecule has 1 unspecified atom stereocenters. The Morgan fingerprint density at radius 1 is 1.44 bits per heavy atom. The number of carbonyl (C=O) groups is 1. The van der Waals surface area contributed by atoms with Crippen molar-refractivity contribution in [1.29, 1.82) is 0 Å². The van der Waals surface area contributed by atoms with Crippen molar-refractivity contribution < 1.29 is 14.6 Å². The molecule has 1 atom stereocenters. The molecule has 1 rings (SSSR count). The maximum atomic E-state index is 11.5. The lowest BCUT2D eigenvalue weighted by Gasteiger charge is -2.21. The predicted octanol–water partition coefficient (Wildman–Crippen LogP) is 1.13. The lowest BCUT2D eigenvalue weighted by atomic mass is 10.0. The van der Waals surface area contributed by atoms with E-state index < -0.39 is 11.7 Å². The minimum Gasteiger partial charge on any atom is -0.462 e. The molecule has 0 aromatic heterocycles. The Balaban J connectivity index is 2.66. The molecule has 0 aliphatic rings. The van der Waals surface area contributed by atoms with Crippen LogP contribution in [0.25, 0.3) is 0 Å². The van der Waals surface area contributed by atoms with E-state index in [9.17, 15) is 9.90 Å². The number of carbonyl (C=O) groups excluding carboxylic acids is 1. The SMILES string of the molecule is CCCCOC(=O)C(N)(O)c1ccccc1. The highest BCUT2D eigenvalue weighted by molar-refractivity contribution is 5.80. The van der Waals surface area contributed by atoms with Crippen LogP contribution in [0, 0.1) is 0 Å². The van der Waals surface area contributed by atoms with E-state index in [1.165, 1.54) is 0 Å². The average molecular weight is 223 g/mol. The molecule has 88 valence electrons. The van der Waals surface area contributed by atoms with Gasteiger partial charge in [-0.15, -0.1) is 0 Å². The zero-order valence-corrected chi connectivity index (χ0v) is 9.35. The molecule has 0 saturated carbocycles. The van der Waals surface area contributed by atoms with Gasteiger partial charge in [-0.3, -0.25) is 5.73 Å². The lowest BCUT2D eigenvalue weighted by molar-refractivity contribution is -0.166. The van der Waals surface area contributed by atoms with Crippen LogP contribution < -0.4 is 5.73 Å². The first-order valence-corrected chi connectivity index (χ1v) is 5.33. The number of nitrogens with two attached hydrogens (primary N) is 1. The van der Waals surface area contributed by atoms with Crippen molar-refractivity contribution in [3.05, 3.63) is 35.9 Å². The molecule has 0 amide bonds. The number of esters is 1. The molecule has 0 heterocycles. The third kappa shape index (κ3) is 3.05. The zero-order valence-electron chi connectivity index (χ0n) is 9.35. The van der Waals surface area contributed by atoms with Gasteiger partial charge in [0.15, 0.2) is 0 Å². The Labute approximate surface area is 95.0 Å². The van der Waals surface area contributed by atoms with Crippen LogP contribution in [0.2, 0.25) is 0 Å². The van der Waals surface area contributed by atoms with E-state index in [1.807, 2.05) is 6.92 Å². The van der Waals surface area contributed by atoms with Crippen molar-refractivity contribution in [2.45, 2.75) is 25.5 Å². The Morgan fingerprint density at radius 3 is 2.62 bits per heavy atom. The van der Waals surface area contributed by atoms with Crippen molar-refractivity contribution in [3.63, 3.8) is 0 Å². The van der Waals surface area contributed by atoms with Crippen LogP contribution in [0.3, 0.4) is 0 Å².